The summed E-state index contributed by atoms with van der Waals surface area (Å²) >= 11 is 0. The number of urea groups is 1. The molecule has 0 unspecified atom stereocenters. The number of methoxy groups -OCH3 is 1. The first-order valence-corrected chi connectivity index (χ1v) is 10.6. The molecule has 4 rings (SSSR count). The molecule has 3 aromatic rings. The minimum Gasteiger partial charge on any atom is -0.497 e. The highest BCUT2D eigenvalue weighted by Crippen LogP contribution is 2.19. The summed E-state index contributed by atoms with van der Waals surface area (Å²) in [4.78, 5) is 41.6. The molecule has 1 fully saturated rings. The average molecular weight is 434 g/mol. The monoisotopic (exact) mass is 434 g/mol. The largest absolute Gasteiger partial charge is 0.497 e. The molecule has 1 aromatic heterocycles. The molecule has 32 heavy (non-hydrogen) atoms. The fourth-order valence-electron chi connectivity index (χ4n) is 3.86. The number of rotatable bonds is 9. The van der Waals surface area contributed by atoms with Crippen LogP contribution in [-0.4, -0.2) is 47.4 Å². The maximum absolute atomic E-state index is 12.7. The summed E-state index contributed by atoms with van der Waals surface area (Å²) in [6.07, 6.45) is 2.90. The van der Waals surface area contributed by atoms with Gasteiger partial charge in [0, 0.05) is 36.6 Å². The number of nitrogens with zero attached hydrogens (tertiary/aromatic N) is 1. The SMILES string of the molecule is COc1ccc(CNC(=O)CC[C@@H]2NC(=O)N(CCc3c[nH]c4ccccc34)C2=O)cc1. The van der Waals surface area contributed by atoms with Crippen molar-refractivity contribution >= 4 is 28.7 Å². The normalized spacial score (nSPS) is 15.8. The van der Waals surface area contributed by atoms with E-state index in [1.54, 1.807) is 7.11 Å². The maximum atomic E-state index is 12.7. The molecule has 166 valence electrons. The molecule has 3 N–H and O–H groups in total. The van der Waals surface area contributed by atoms with Gasteiger partial charge in [0.05, 0.1) is 7.11 Å². The van der Waals surface area contributed by atoms with Crippen molar-refractivity contribution < 1.29 is 19.1 Å². The number of aromatic nitrogens is 1. The maximum Gasteiger partial charge on any atom is 0.324 e. The van der Waals surface area contributed by atoms with Gasteiger partial charge >= 0.3 is 6.03 Å². The predicted molar refractivity (Wildman–Crippen MR) is 120 cm³/mol. The van der Waals surface area contributed by atoms with E-state index < -0.39 is 12.1 Å². The lowest BCUT2D eigenvalue weighted by Crippen LogP contribution is -2.33. The number of para-hydroxylation sites is 1. The van der Waals surface area contributed by atoms with Crippen LogP contribution in [-0.2, 0) is 22.6 Å². The van der Waals surface area contributed by atoms with Gasteiger partial charge in [0.15, 0.2) is 0 Å². The van der Waals surface area contributed by atoms with E-state index in [1.807, 2.05) is 54.7 Å². The fraction of sp³-hybridized carbons (Fsp3) is 0.292. The molecular formula is C24H26N4O4. The topological polar surface area (TPSA) is 104 Å². The van der Waals surface area contributed by atoms with Crippen LogP contribution >= 0.6 is 0 Å². The Balaban J connectivity index is 1.24. The Morgan fingerprint density at radius 2 is 1.91 bits per heavy atom. The van der Waals surface area contributed by atoms with Crippen LogP contribution in [0.4, 0.5) is 4.79 Å². The van der Waals surface area contributed by atoms with E-state index in [2.05, 4.69) is 15.6 Å². The number of carbonyl (C=O) groups excluding carboxylic acids is 3. The molecule has 1 aliphatic heterocycles. The lowest BCUT2D eigenvalue weighted by Gasteiger charge is -2.13. The lowest BCUT2D eigenvalue weighted by molar-refractivity contribution is -0.127. The van der Waals surface area contributed by atoms with Crippen molar-refractivity contribution in [2.75, 3.05) is 13.7 Å². The third-order valence-corrected chi connectivity index (χ3v) is 5.70. The number of ether oxygens (including phenoxy) is 1. The van der Waals surface area contributed by atoms with Gasteiger partial charge in [0.2, 0.25) is 5.91 Å². The van der Waals surface area contributed by atoms with Gasteiger partial charge in [-0.15, -0.1) is 0 Å². The summed E-state index contributed by atoms with van der Waals surface area (Å²) in [6.45, 7) is 0.692. The van der Waals surface area contributed by atoms with Gasteiger partial charge in [-0.2, -0.15) is 0 Å². The second kappa shape index (κ2) is 9.55. The van der Waals surface area contributed by atoms with Gasteiger partial charge < -0.3 is 20.4 Å². The molecule has 1 aliphatic rings. The number of fused-ring (bicyclic) bond motifs is 1. The highest BCUT2D eigenvalue weighted by atomic mass is 16.5. The molecule has 0 aliphatic carbocycles. The van der Waals surface area contributed by atoms with Gasteiger partial charge in [-0.1, -0.05) is 30.3 Å². The number of hydrogen-bond donors (Lipinski definition) is 3. The van der Waals surface area contributed by atoms with Crippen LogP contribution in [0.3, 0.4) is 0 Å². The highest BCUT2D eigenvalue weighted by Gasteiger charge is 2.37. The van der Waals surface area contributed by atoms with Gasteiger partial charge in [-0.25, -0.2) is 4.79 Å². The van der Waals surface area contributed by atoms with Gasteiger partial charge in [-0.3, -0.25) is 14.5 Å². The summed E-state index contributed by atoms with van der Waals surface area (Å²) in [5.74, 6) is 0.308. The molecule has 0 spiro atoms. The van der Waals surface area contributed by atoms with Crippen LogP contribution < -0.4 is 15.4 Å². The van der Waals surface area contributed by atoms with Crippen molar-refractivity contribution in [3.05, 3.63) is 65.9 Å². The van der Waals surface area contributed by atoms with E-state index in [-0.39, 0.29) is 24.7 Å². The minimum absolute atomic E-state index is 0.156. The van der Waals surface area contributed by atoms with E-state index >= 15 is 0 Å². The van der Waals surface area contributed by atoms with Crippen molar-refractivity contribution in [1.29, 1.82) is 0 Å². The molecule has 2 aromatic carbocycles. The third-order valence-electron chi connectivity index (χ3n) is 5.70. The first kappa shape index (κ1) is 21.4. The molecule has 4 amide bonds. The average Bonchev–Trinajstić information content (AvgIpc) is 3.35. The first-order valence-electron chi connectivity index (χ1n) is 10.6. The first-order chi connectivity index (χ1) is 15.5. The molecule has 1 atom stereocenters. The highest BCUT2D eigenvalue weighted by molar-refractivity contribution is 6.04. The second-order valence-corrected chi connectivity index (χ2v) is 7.76. The zero-order valence-electron chi connectivity index (χ0n) is 17.9. The van der Waals surface area contributed by atoms with Gasteiger partial charge in [0.25, 0.3) is 5.91 Å². The van der Waals surface area contributed by atoms with Crippen molar-refractivity contribution in [1.82, 2.24) is 20.5 Å². The van der Waals surface area contributed by atoms with Crippen LogP contribution in [0.1, 0.15) is 24.0 Å². The van der Waals surface area contributed by atoms with Crippen molar-refractivity contribution in [2.45, 2.75) is 31.8 Å². The van der Waals surface area contributed by atoms with E-state index in [9.17, 15) is 14.4 Å². The molecular weight excluding hydrogens is 408 g/mol. The number of amides is 4. The standard InChI is InChI=1S/C24H26N4O4/c1-32-18-8-6-16(7-9-18)14-26-22(29)11-10-21-23(30)28(24(31)27-21)13-12-17-15-25-20-5-3-2-4-19(17)20/h2-9,15,21,25H,10-14H2,1H3,(H,26,29)(H,27,31)/t21-/m0/s1. The zero-order valence-corrected chi connectivity index (χ0v) is 17.9. The smallest absolute Gasteiger partial charge is 0.324 e. The number of aromatic amines is 1. The molecule has 0 saturated carbocycles. The molecule has 8 nitrogen and oxygen atoms in total. The molecule has 8 heteroatoms. The second-order valence-electron chi connectivity index (χ2n) is 7.76. The Labute approximate surface area is 185 Å². The number of H-pyrrole nitrogens is 1. The predicted octanol–water partition coefficient (Wildman–Crippen LogP) is 2.74. The summed E-state index contributed by atoms with van der Waals surface area (Å²) in [5.41, 5.74) is 3.04. The summed E-state index contributed by atoms with van der Waals surface area (Å²) in [7, 11) is 1.60. The Hall–Kier alpha value is -3.81. The van der Waals surface area contributed by atoms with E-state index in [0.717, 1.165) is 27.8 Å². The van der Waals surface area contributed by atoms with Crippen molar-refractivity contribution in [2.24, 2.45) is 0 Å². The number of imide groups is 1. The van der Waals surface area contributed by atoms with Crippen molar-refractivity contribution in [3.8, 4) is 5.75 Å². The van der Waals surface area contributed by atoms with E-state index in [4.69, 9.17) is 4.74 Å². The van der Waals surface area contributed by atoms with Gasteiger partial charge in [0.1, 0.15) is 11.8 Å². The van der Waals surface area contributed by atoms with E-state index in [0.29, 0.717) is 19.5 Å². The van der Waals surface area contributed by atoms with Crippen molar-refractivity contribution in [3.63, 3.8) is 0 Å². The zero-order chi connectivity index (χ0) is 22.5. The molecule has 1 saturated heterocycles. The number of nitrogens with one attached hydrogen (secondary N) is 3. The molecule has 0 bridgehead atoms. The van der Waals surface area contributed by atoms with Crippen LogP contribution in [0.2, 0.25) is 0 Å². The Morgan fingerprint density at radius 3 is 2.69 bits per heavy atom. The van der Waals surface area contributed by atoms with E-state index in [1.165, 1.54) is 4.90 Å². The Morgan fingerprint density at radius 1 is 1.12 bits per heavy atom. The van der Waals surface area contributed by atoms with Gasteiger partial charge in [-0.05, 0) is 42.2 Å². The van der Waals surface area contributed by atoms with Crippen LogP contribution in [0.15, 0.2) is 54.7 Å². The van der Waals surface area contributed by atoms with Crippen LogP contribution in [0, 0.1) is 0 Å². The molecule has 2 heterocycles. The third kappa shape index (κ3) is 4.74. The lowest BCUT2D eigenvalue weighted by atomic mass is 10.1. The number of benzene rings is 2. The Kier molecular flexibility index (Phi) is 6.39. The molecule has 0 radical (unpaired) electrons. The minimum atomic E-state index is -0.669. The number of hydrogen-bond acceptors (Lipinski definition) is 4. The van der Waals surface area contributed by atoms with Crippen LogP contribution in [0.25, 0.3) is 10.9 Å². The summed E-state index contributed by atoms with van der Waals surface area (Å²) < 4.78 is 5.12. The Bertz CT molecular complexity index is 1120. The van der Waals surface area contributed by atoms with Crippen LogP contribution in [0.5, 0.6) is 5.75 Å². The number of carbonyl (C=O) groups is 3. The fourth-order valence-corrected chi connectivity index (χ4v) is 3.86. The summed E-state index contributed by atoms with van der Waals surface area (Å²) in [6, 6.07) is 14.3. The summed E-state index contributed by atoms with van der Waals surface area (Å²) in [5, 5.41) is 6.62. The quantitative estimate of drug-likeness (QED) is 0.451.